The minimum Gasteiger partial charge on any atom is -0.311 e. The minimum atomic E-state index is 0.765. The summed E-state index contributed by atoms with van der Waals surface area (Å²) in [5, 5.41) is 3.89. The second kappa shape index (κ2) is 7.32. The summed E-state index contributed by atoms with van der Waals surface area (Å²) < 4.78 is 0. The van der Waals surface area contributed by atoms with Gasteiger partial charge in [0.15, 0.2) is 0 Å². The van der Waals surface area contributed by atoms with Crippen molar-refractivity contribution in [2.24, 2.45) is 11.8 Å². The fourth-order valence-electron chi connectivity index (χ4n) is 3.07. The molecule has 0 amide bonds. The summed E-state index contributed by atoms with van der Waals surface area (Å²) in [6, 6.07) is 1.57. The van der Waals surface area contributed by atoms with Crippen molar-refractivity contribution in [2.75, 3.05) is 0 Å². The monoisotopic (exact) mass is 225 g/mol. The van der Waals surface area contributed by atoms with Crippen molar-refractivity contribution in [1.29, 1.82) is 0 Å². The molecule has 1 rings (SSSR count). The van der Waals surface area contributed by atoms with Crippen LogP contribution in [0.3, 0.4) is 0 Å². The highest BCUT2D eigenvalue weighted by molar-refractivity contribution is 4.82. The lowest BCUT2D eigenvalue weighted by atomic mass is 9.79. The summed E-state index contributed by atoms with van der Waals surface area (Å²) in [7, 11) is 0. The van der Waals surface area contributed by atoms with Crippen molar-refractivity contribution >= 4 is 0 Å². The summed E-state index contributed by atoms with van der Waals surface area (Å²) in [6.45, 7) is 9.38. The Morgan fingerprint density at radius 3 is 2.50 bits per heavy atom. The maximum atomic E-state index is 3.89. The van der Waals surface area contributed by atoms with Crippen molar-refractivity contribution < 1.29 is 0 Å². The third-order valence-corrected chi connectivity index (χ3v) is 4.26. The van der Waals surface area contributed by atoms with Crippen molar-refractivity contribution in [3.05, 3.63) is 0 Å². The fourth-order valence-corrected chi connectivity index (χ4v) is 3.07. The standard InChI is InChI=1S/C15H31N/c1-5-8-14(6-2)16-15-10-7-9-13(11-15)12(3)4/h12-16H,5-11H2,1-4H3. The zero-order valence-corrected chi connectivity index (χ0v) is 11.8. The normalized spacial score (nSPS) is 28.3. The Kier molecular flexibility index (Phi) is 6.41. The van der Waals surface area contributed by atoms with E-state index in [4.69, 9.17) is 0 Å². The minimum absolute atomic E-state index is 0.765. The molecule has 96 valence electrons. The number of rotatable bonds is 6. The third kappa shape index (κ3) is 4.45. The Morgan fingerprint density at radius 1 is 1.19 bits per heavy atom. The van der Waals surface area contributed by atoms with Crippen molar-refractivity contribution in [3.8, 4) is 0 Å². The van der Waals surface area contributed by atoms with E-state index in [0.29, 0.717) is 0 Å². The van der Waals surface area contributed by atoms with E-state index in [1.807, 2.05) is 0 Å². The molecule has 0 bridgehead atoms. The molecular formula is C15H31N. The second-order valence-corrected chi connectivity index (χ2v) is 5.93. The first kappa shape index (κ1) is 14.0. The Balaban J connectivity index is 2.35. The third-order valence-electron chi connectivity index (χ3n) is 4.26. The van der Waals surface area contributed by atoms with Crippen LogP contribution < -0.4 is 5.32 Å². The van der Waals surface area contributed by atoms with E-state index >= 15 is 0 Å². The quantitative estimate of drug-likeness (QED) is 0.708. The van der Waals surface area contributed by atoms with E-state index in [9.17, 15) is 0 Å². The Labute approximate surface area is 102 Å². The molecule has 16 heavy (non-hydrogen) atoms. The molecule has 1 fully saturated rings. The molecule has 1 saturated carbocycles. The zero-order chi connectivity index (χ0) is 12.0. The first-order valence-corrected chi connectivity index (χ1v) is 7.43. The first-order valence-electron chi connectivity index (χ1n) is 7.43. The first-order chi connectivity index (χ1) is 7.67. The van der Waals surface area contributed by atoms with Gasteiger partial charge in [0.05, 0.1) is 0 Å². The zero-order valence-electron chi connectivity index (χ0n) is 11.8. The number of nitrogens with one attached hydrogen (secondary N) is 1. The van der Waals surface area contributed by atoms with Gasteiger partial charge in [-0.05, 0) is 37.5 Å². The summed E-state index contributed by atoms with van der Waals surface area (Å²) in [4.78, 5) is 0. The molecule has 0 radical (unpaired) electrons. The topological polar surface area (TPSA) is 12.0 Å². The van der Waals surface area contributed by atoms with Gasteiger partial charge in [0.2, 0.25) is 0 Å². The molecule has 0 aromatic carbocycles. The van der Waals surface area contributed by atoms with Gasteiger partial charge in [-0.15, -0.1) is 0 Å². The van der Waals surface area contributed by atoms with Gasteiger partial charge in [0.25, 0.3) is 0 Å². The maximum absolute atomic E-state index is 3.89. The number of hydrogen-bond acceptors (Lipinski definition) is 1. The molecule has 0 spiro atoms. The lowest BCUT2D eigenvalue weighted by Crippen LogP contribution is -2.41. The van der Waals surface area contributed by atoms with Gasteiger partial charge in [-0.3, -0.25) is 0 Å². The van der Waals surface area contributed by atoms with Crippen LogP contribution in [0.5, 0.6) is 0 Å². The van der Waals surface area contributed by atoms with E-state index in [1.54, 1.807) is 0 Å². The molecule has 0 saturated heterocycles. The van der Waals surface area contributed by atoms with Crippen molar-refractivity contribution in [2.45, 2.75) is 84.7 Å². The van der Waals surface area contributed by atoms with Gasteiger partial charge < -0.3 is 5.32 Å². The van der Waals surface area contributed by atoms with Crippen LogP contribution in [0.15, 0.2) is 0 Å². The Bertz CT molecular complexity index is 176. The summed E-state index contributed by atoms with van der Waals surface area (Å²) >= 11 is 0. The van der Waals surface area contributed by atoms with Crippen LogP contribution in [0.1, 0.15) is 72.6 Å². The van der Waals surface area contributed by atoms with Crippen molar-refractivity contribution in [3.63, 3.8) is 0 Å². The average molecular weight is 225 g/mol. The van der Waals surface area contributed by atoms with E-state index in [1.165, 1.54) is 44.9 Å². The molecule has 0 aromatic heterocycles. The molecule has 1 nitrogen and oxygen atoms in total. The lowest BCUT2D eigenvalue weighted by molar-refractivity contribution is 0.216. The smallest absolute Gasteiger partial charge is 0.00723 e. The van der Waals surface area contributed by atoms with Gasteiger partial charge >= 0.3 is 0 Å². The largest absolute Gasteiger partial charge is 0.311 e. The van der Waals surface area contributed by atoms with Crippen LogP contribution in [-0.4, -0.2) is 12.1 Å². The highest BCUT2D eigenvalue weighted by atomic mass is 14.9. The molecular weight excluding hydrogens is 194 g/mol. The predicted molar refractivity (Wildman–Crippen MR) is 72.7 cm³/mol. The Hall–Kier alpha value is -0.0400. The molecule has 1 aliphatic carbocycles. The van der Waals surface area contributed by atoms with Gasteiger partial charge in [-0.25, -0.2) is 0 Å². The van der Waals surface area contributed by atoms with E-state index in [2.05, 4.69) is 33.0 Å². The molecule has 1 heteroatoms. The number of hydrogen-bond donors (Lipinski definition) is 1. The summed E-state index contributed by atoms with van der Waals surface area (Å²) in [5.41, 5.74) is 0. The SMILES string of the molecule is CCCC(CC)NC1CCCC(C(C)C)C1. The predicted octanol–water partition coefficient (Wildman–Crippen LogP) is 4.37. The average Bonchev–Trinajstić information content (AvgIpc) is 2.29. The molecule has 3 atom stereocenters. The Morgan fingerprint density at radius 2 is 1.94 bits per heavy atom. The van der Waals surface area contributed by atoms with Crippen LogP contribution in [0.25, 0.3) is 0 Å². The molecule has 0 aromatic rings. The maximum Gasteiger partial charge on any atom is 0.00723 e. The van der Waals surface area contributed by atoms with Gasteiger partial charge in [0.1, 0.15) is 0 Å². The van der Waals surface area contributed by atoms with Crippen molar-refractivity contribution in [1.82, 2.24) is 5.32 Å². The summed E-state index contributed by atoms with van der Waals surface area (Å²) in [5.74, 6) is 1.83. The fraction of sp³-hybridized carbons (Fsp3) is 1.00. The second-order valence-electron chi connectivity index (χ2n) is 5.93. The molecule has 3 unspecified atom stereocenters. The van der Waals surface area contributed by atoms with E-state index in [-0.39, 0.29) is 0 Å². The molecule has 1 N–H and O–H groups in total. The van der Waals surface area contributed by atoms with Crippen LogP contribution in [0.2, 0.25) is 0 Å². The molecule has 1 aliphatic rings. The van der Waals surface area contributed by atoms with Crippen LogP contribution >= 0.6 is 0 Å². The molecule has 0 aliphatic heterocycles. The van der Waals surface area contributed by atoms with E-state index in [0.717, 1.165) is 23.9 Å². The van der Waals surface area contributed by atoms with Crippen LogP contribution in [-0.2, 0) is 0 Å². The van der Waals surface area contributed by atoms with Crippen LogP contribution in [0, 0.1) is 11.8 Å². The highest BCUT2D eigenvalue weighted by Gasteiger charge is 2.24. The molecule has 0 heterocycles. The summed E-state index contributed by atoms with van der Waals surface area (Å²) in [6.07, 6.45) is 9.66. The highest BCUT2D eigenvalue weighted by Crippen LogP contribution is 2.30. The van der Waals surface area contributed by atoms with Crippen LogP contribution in [0.4, 0.5) is 0 Å². The van der Waals surface area contributed by atoms with Gasteiger partial charge in [-0.2, -0.15) is 0 Å². The lowest BCUT2D eigenvalue weighted by Gasteiger charge is -2.34. The van der Waals surface area contributed by atoms with E-state index < -0.39 is 0 Å². The van der Waals surface area contributed by atoms with Gasteiger partial charge in [0, 0.05) is 12.1 Å². The van der Waals surface area contributed by atoms with Gasteiger partial charge in [-0.1, -0.05) is 47.0 Å².